The molecule has 2 aliphatic heterocycles. The highest BCUT2D eigenvalue weighted by Gasteiger charge is 2.73. The molecule has 2 aromatic rings. The molecule has 0 amide bonds. The van der Waals surface area contributed by atoms with Crippen LogP contribution in [-0.4, -0.2) is 4.93 Å². The van der Waals surface area contributed by atoms with Gasteiger partial charge in [0, 0.05) is 0 Å². The Kier molecular flexibility index (Phi) is 2.66. The molecule has 2 aliphatic rings. The molecule has 1 fully saturated rings. The lowest BCUT2D eigenvalue weighted by molar-refractivity contribution is -0.291. The summed E-state index contributed by atoms with van der Waals surface area (Å²) < 4.78 is 6.61. The van der Waals surface area contributed by atoms with E-state index >= 15 is 0 Å². The summed E-state index contributed by atoms with van der Waals surface area (Å²) in [6.07, 6.45) is 2.32. The molecule has 2 aromatic carbocycles. The fraction of sp³-hybridized carbons (Fsp3) is 0.263. The summed E-state index contributed by atoms with van der Waals surface area (Å²) in [5.41, 5.74) is 2.00. The van der Waals surface area contributed by atoms with E-state index in [-0.39, 0.29) is 10.3 Å². The Hall–Kier alpha value is -1.51. The van der Waals surface area contributed by atoms with Crippen LogP contribution in [0, 0.1) is 5.41 Å². The highest BCUT2D eigenvalue weighted by atomic mass is 32.2. The maximum absolute atomic E-state index is 6.61. The number of fused-ring (bicyclic) bond motifs is 1. The Bertz CT molecular complexity index is 655. The zero-order valence-corrected chi connectivity index (χ0v) is 13.1. The highest BCUT2D eigenvalue weighted by molar-refractivity contribution is 8.03. The standard InChI is InChI=1S/C19H18OS/c1-17-13-14-21-18(17,2)20-19(17,15-9-5-3-6-10-15)16-11-7-4-8-12-16/h3-14H,1-2H3/t17-,18+/m1/s1. The topological polar surface area (TPSA) is 9.23 Å². The van der Waals surface area contributed by atoms with E-state index in [1.165, 1.54) is 11.1 Å². The molecule has 2 heterocycles. The van der Waals surface area contributed by atoms with Crippen molar-refractivity contribution in [1.29, 1.82) is 0 Å². The molecule has 0 radical (unpaired) electrons. The lowest BCUT2D eigenvalue weighted by atomic mass is 9.58. The first-order valence-corrected chi connectivity index (χ1v) is 8.17. The molecule has 1 nitrogen and oxygen atoms in total. The zero-order chi connectivity index (χ0) is 14.6. The SMILES string of the molecule is C[C@@]12OC(c3ccccc3)(c3ccccc3)[C@]1(C)C=CS2. The molecule has 0 saturated carbocycles. The van der Waals surface area contributed by atoms with Crippen LogP contribution in [0.3, 0.4) is 0 Å². The van der Waals surface area contributed by atoms with Gasteiger partial charge in [-0.1, -0.05) is 78.5 Å². The van der Waals surface area contributed by atoms with Crippen molar-refractivity contribution in [2.24, 2.45) is 5.41 Å². The molecular formula is C19H18OS. The minimum absolute atomic E-state index is 0.0482. The van der Waals surface area contributed by atoms with E-state index in [1.54, 1.807) is 11.8 Å². The first-order valence-electron chi connectivity index (χ1n) is 7.29. The van der Waals surface area contributed by atoms with Gasteiger partial charge in [0.25, 0.3) is 0 Å². The largest absolute Gasteiger partial charge is 0.346 e. The molecule has 0 aromatic heterocycles. The van der Waals surface area contributed by atoms with Crippen molar-refractivity contribution in [1.82, 2.24) is 0 Å². The maximum atomic E-state index is 6.61. The Morgan fingerprint density at radius 2 is 1.33 bits per heavy atom. The van der Waals surface area contributed by atoms with Gasteiger partial charge in [0.1, 0.15) is 10.5 Å². The van der Waals surface area contributed by atoms with Crippen molar-refractivity contribution < 1.29 is 4.74 Å². The average molecular weight is 294 g/mol. The summed E-state index contributed by atoms with van der Waals surface area (Å²) in [5, 5.41) is 2.19. The molecule has 2 heteroatoms. The number of rotatable bonds is 2. The average Bonchev–Trinajstić information content (AvgIpc) is 2.76. The van der Waals surface area contributed by atoms with Crippen LogP contribution in [0.4, 0.5) is 0 Å². The van der Waals surface area contributed by atoms with Crippen LogP contribution in [0.5, 0.6) is 0 Å². The number of thioether (sulfide) groups is 1. The van der Waals surface area contributed by atoms with Crippen LogP contribution in [-0.2, 0) is 10.3 Å². The van der Waals surface area contributed by atoms with Crippen molar-refractivity contribution >= 4 is 11.8 Å². The smallest absolute Gasteiger partial charge is 0.132 e. The maximum Gasteiger partial charge on any atom is 0.132 e. The van der Waals surface area contributed by atoms with Crippen molar-refractivity contribution in [2.45, 2.75) is 24.4 Å². The Morgan fingerprint density at radius 1 is 0.810 bits per heavy atom. The second-order valence-corrected chi connectivity index (χ2v) is 7.37. The minimum Gasteiger partial charge on any atom is -0.346 e. The molecule has 21 heavy (non-hydrogen) atoms. The third kappa shape index (κ3) is 1.47. The molecule has 0 N–H and O–H groups in total. The quantitative estimate of drug-likeness (QED) is 0.775. The predicted octanol–water partition coefficient (Wildman–Crippen LogP) is 4.94. The van der Waals surface area contributed by atoms with E-state index in [0.29, 0.717) is 0 Å². The van der Waals surface area contributed by atoms with Gasteiger partial charge >= 0.3 is 0 Å². The van der Waals surface area contributed by atoms with E-state index < -0.39 is 5.60 Å². The minimum atomic E-state index is -0.399. The molecule has 4 rings (SSSR count). The van der Waals surface area contributed by atoms with Crippen LogP contribution in [0.2, 0.25) is 0 Å². The second kappa shape index (κ2) is 4.25. The molecule has 0 unspecified atom stereocenters. The third-order valence-electron chi connectivity index (χ3n) is 5.08. The van der Waals surface area contributed by atoms with Gasteiger partial charge in [0.05, 0.1) is 5.41 Å². The normalized spacial score (nSPS) is 32.5. The molecular weight excluding hydrogens is 276 g/mol. The first kappa shape index (κ1) is 13.2. The summed E-state index contributed by atoms with van der Waals surface area (Å²) in [5.74, 6) is 0. The van der Waals surface area contributed by atoms with E-state index in [0.717, 1.165) is 0 Å². The van der Waals surface area contributed by atoms with Gasteiger partial charge < -0.3 is 4.74 Å². The number of hydrogen-bond donors (Lipinski definition) is 0. The summed E-state index contributed by atoms with van der Waals surface area (Å²) in [7, 11) is 0. The van der Waals surface area contributed by atoms with E-state index in [2.05, 4.69) is 86.0 Å². The summed E-state index contributed by atoms with van der Waals surface area (Å²) in [6.45, 7) is 4.51. The lowest BCUT2D eigenvalue weighted by Crippen LogP contribution is -2.69. The van der Waals surface area contributed by atoms with E-state index in [1.807, 2.05) is 0 Å². The Morgan fingerprint density at radius 3 is 1.81 bits per heavy atom. The van der Waals surface area contributed by atoms with E-state index in [4.69, 9.17) is 4.74 Å². The molecule has 0 bridgehead atoms. The van der Waals surface area contributed by atoms with Gasteiger partial charge in [-0.25, -0.2) is 0 Å². The first-order chi connectivity index (χ1) is 10.1. The van der Waals surface area contributed by atoms with Crippen molar-refractivity contribution in [3.8, 4) is 0 Å². The van der Waals surface area contributed by atoms with Gasteiger partial charge in [-0.15, -0.1) is 0 Å². The lowest BCUT2D eigenvalue weighted by Gasteiger charge is -2.65. The third-order valence-corrected chi connectivity index (χ3v) is 6.31. The molecule has 1 saturated heterocycles. The molecule has 0 aliphatic carbocycles. The Labute approximate surface area is 130 Å². The fourth-order valence-electron chi connectivity index (χ4n) is 3.72. The van der Waals surface area contributed by atoms with Gasteiger partial charge in [-0.05, 0) is 30.4 Å². The molecule has 2 atom stereocenters. The number of ether oxygens (including phenoxy) is 1. The fourth-order valence-corrected chi connectivity index (χ4v) is 4.95. The second-order valence-electron chi connectivity index (χ2n) is 6.08. The molecule has 106 valence electrons. The van der Waals surface area contributed by atoms with Crippen LogP contribution in [0.15, 0.2) is 72.1 Å². The van der Waals surface area contributed by atoms with Crippen molar-refractivity contribution in [2.75, 3.05) is 0 Å². The van der Waals surface area contributed by atoms with Crippen LogP contribution in [0.25, 0.3) is 0 Å². The Balaban J connectivity index is 1.97. The summed E-state index contributed by atoms with van der Waals surface area (Å²) in [6, 6.07) is 21.2. The molecule has 0 spiro atoms. The van der Waals surface area contributed by atoms with Crippen LogP contribution >= 0.6 is 11.8 Å². The van der Waals surface area contributed by atoms with Gasteiger partial charge in [0.15, 0.2) is 0 Å². The van der Waals surface area contributed by atoms with Crippen LogP contribution < -0.4 is 0 Å². The summed E-state index contributed by atoms with van der Waals surface area (Å²) in [4.78, 5) is -0.182. The van der Waals surface area contributed by atoms with Gasteiger partial charge in [-0.3, -0.25) is 0 Å². The van der Waals surface area contributed by atoms with Crippen LogP contribution in [0.1, 0.15) is 25.0 Å². The monoisotopic (exact) mass is 294 g/mol. The summed E-state index contributed by atoms with van der Waals surface area (Å²) >= 11 is 1.78. The van der Waals surface area contributed by atoms with E-state index in [9.17, 15) is 0 Å². The zero-order valence-electron chi connectivity index (χ0n) is 12.2. The van der Waals surface area contributed by atoms with Gasteiger partial charge in [-0.2, -0.15) is 0 Å². The van der Waals surface area contributed by atoms with Crippen molar-refractivity contribution in [3.63, 3.8) is 0 Å². The number of hydrogen-bond acceptors (Lipinski definition) is 2. The van der Waals surface area contributed by atoms with Crippen molar-refractivity contribution in [3.05, 3.63) is 83.3 Å². The number of benzene rings is 2. The highest BCUT2D eigenvalue weighted by Crippen LogP contribution is 2.72. The van der Waals surface area contributed by atoms with Gasteiger partial charge in [0.2, 0.25) is 0 Å². The predicted molar refractivity (Wildman–Crippen MR) is 88.0 cm³/mol.